The van der Waals surface area contributed by atoms with Crippen LogP contribution in [-0.2, 0) is 0 Å². The zero-order valence-electron chi connectivity index (χ0n) is 11.3. The molecule has 0 aliphatic rings. The summed E-state index contributed by atoms with van der Waals surface area (Å²) in [5.41, 5.74) is 0. The van der Waals surface area contributed by atoms with Gasteiger partial charge in [-0.1, -0.05) is 47.5 Å². The van der Waals surface area contributed by atoms with Crippen molar-refractivity contribution in [2.45, 2.75) is 66.2 Å². The summed E-state index contributed by atoms with van der Waals surface area (Å²) in [6.45, 7) is 9.08. The molecule has 0 aromatic carbocycles. The average Bonchev–Trinajstić information content (AvgIpc) is 2.12. The third-order valence-electron chi connectivity index (χ3n) is 2.00. The van der Waals surface area contributed by atoms with Crippen LogP contribution in [0.2, 0.25) is 0 Å². The van der Waals surface area contributed by atoms with E-state index in [9.17, 15) is 13.2 Å². The fourth-order valence-corrected chi connectivity index (χ4v) is 1.29. The Morgan fingerprint density at radius 1 is 1.00 bits per heavy atom. The molecular formula is C13H27F3. The Balaban J connectivity index is 0. The van der Waals surface area contributed by atoms with Gasteiger partial charge in [-0.05, 0) is 12.3 Å². The van der Waals surface area contributed by atoms with Crippen LogP contribution in [0, 0.1) is 11.8 Å². The summed E-state index contributed by atoms with van der Waals surface area (Å²) in [7, 11) is 0. The highest BCUT2D eigenvalue weighted by atomic mass is 19.3. The van der Waals surface area contributed by atoms with Crippen LogP contribution in [0.3, 0.4) is 0 Å². The van der Waals surface area contributed by atoms with Gasteiger partial charge in [-0.2, -0.15) is 0 Å². The van der Waals surface area contributed by atoms with Crippen molar-refractivity contribution in [1.82, 2.24) is 0 Å². The van der Waals surface area contributed by atoms with E-state index in [0.717, 1.165) is 5.92 Å². The molecule has 16 heavy (non-hydrogen) atoms. The van der Waals surface area contributed by atoms with Gasteiger partial charge in [-0.3, -0.25) is 4.39 Å². The van der Waals surface area contributed by atoms with E-state index in [-0.39, 0.29) is 12.8 Å². The summed E-state index contributed by atoms with van der Waals surface area (Å²) in [6, 6.07) is 0. The van der Waals surface area contributed by atoms with E-state index in [1.54, 1.807) is 13.8 Å². The minimum Gasteiger partial charge on any atom is -0.251 e. The molecule has 0 heterocycles. The minimum atomic E-state index is -2.81. The molecule has 0 aliphatic carbocycles. The van der Waals surface area contributed by atoms with Crippen LogP contribution in [0.4, 0.5) is 13.2 Å². The molecular weight excluding hydrogens is 213 g/mol. The van der Waals surface area contributed by atoms with Crippen LogP contribution in [0.5, 0.6) is 0 Å². The molecule has 0 aromatic rings. The van der Waals surface area contributed by atoms with Gasteiger partial charge in [0.2, 0.25) is 0 Å². The van der Waals surface area contributed by atoms with Crippen LogP contribution < -0.4 is 0 Å². The van der Waals surface area contributed by atoms with E-state index >= 15 is 0 Å². The van der Waals surface area contributed by atoms with Gasteiger partial charge in [-0.25, -0.2) is 8.78 Å². The van der Waals surface area contributed by atoms with Crippen LogP contribution in [0.1, 0.15) is 60.3 Å². The summed E-state index contributed by atoms with van der Waals surface area (Å²) in [6.07, 6.45) is 1.12. The minimum absolute atomic E-state index is 0.193. The smallest absolute Gasteiger partial charge is 0.251 e. The second-order valence-electron chi connectivity index (χ2n) is 4.88. The third kappa shape index (κ3) is 10.3. The van der Waals surface area contributed by atoms with Gasteiger partial charge in [0.05, 0.1) is 12.6 Å². The maximum absolute atomic E-state index is 13.0. The van der Waals surface area contributed by atoms with Gasteiger partial charge < -0.3 is 0 Å². The number of halogens is 3. The van der Waals surface area contributed by atoms with Crippen LogP contribution in [-0.4, -0.2) is 12.6 Å². The number of hydrogen-bond donors (Lipinski definition) is 0. The first-order chi connectivity index (χ1) is 7.31. The van der Waals surface area contributed by atoms with E-state index in [4.69, 9.17) is 0 Å². The molecule has 100 valence electrons. The van der Waals surface area contributed by atoms with Crippen molar-refractivity contribution in [1.29, 1.82) is 0 Å². The quantitative estimate of drug-likeness (QED) is 0.577. The zero-order valence-corrected chi connectivity index (χ0v) is 11.3. The largest absolute Gasteiger partial charge is 0.253 e. The predicted molar refractivity (Wildman–Crippen MR) is 64.7 cm³/mol. The van der Waals surface area contributed by atoms with Crippen LogP contribution in [0.25, 0.3) is 0 Å². The van der Waals surface area contributed by atoms with Crippen molar-refractivity contribution in [2.75, 3.05) is 6.67 Å². The van der Waals surface area contributed by atoms with Gasteiger partial charge >= 0.3 is 0 Å². The Hall–Kier alpha value is -0.210. The molecule has 0 spiro atoms. The highest BCUT2D eigenvalue weighted by Crippen LogP contribution is 2.32. The van der Waals surface area contributed by atoms with Gasteiger partial charge in [0, 0.05) is 6.42 Å². The molecule has 0 saturated heterocycles. The molecule has 0 rings (SSSR count). The Bertz CT molecular complexity index is 141. The zero-order chi connectivity index (χ0) is 13.2. The van der Waals surface area contributed by atoms with Gasteiger partial charge in [-0.15, -0.1) is 0 Å². The lowest BCUT2D eigenvalue weighted by Gasteiger charge is -2.23. The first kappa shape index (κ1) is 18.2. The monoisotopic (exact) mass is 240 g/mol. The third-order valence-corrected chi connectivity index (χ3v) is 2.00. The summed E-state index contributed by atoms with van der Waals surface area (Å²) in [5, 5.41) is 0. The van der Waals surface area contributed by atoms with Crippen molar-refractivity contribution in [3.05, 3.63) is 0 Å². The highest BCUT2D eigenvalue weighted by Gasteiger charge is 2.37. The first-order valence-corrected chi connectivity index (χ1v) is 6.25. The summed E-state index contributed by atoms with van der Waals surface area (Å²) in [5.74, 6) is -3.04. The van der Waals surface area contributed by atoms with Crippen molar-refractivity contribution in [3.8, 4) is 0 Å². The normalized spacial score (nSPS) is 13.3. The lowest BCUT2D eigenvalue weighted by molar-refractivity contribution is -0.0759. The van der Waals surface area contributed by atoms with Crippen LogP contribution >= 0.6 is 0 Å². The molecule has 0 fully saturated rings. The molecule has 0 saturated carbocycles. The number of rotatable bonds is 6. The Morgan fingerprint density at radius 3 is 1.69 bits per heavy atom. The summed E-state index contributed by atoms with van der Waals surface area (Å²) in [4.78, 5) is 0. The Labute approximate surface area is 98.6 Å². The topological polar surface area (TPSA) is 0 Å². The van der Waals surface area contributed by atoms with E-state index in [1.807, 2.05) is 0 Å². The maximum atomic E-state index is 13.0. The molecule has 0 radical (unpaired) electrons. The van der Waals surface area contributed by atoms with Gasteiger partial charge in [0.1, 0.15) is 0 Å². The van der Waals surface area contributed by atoms with Gasteiger partial charge in [0.15, 0.2) is 0 Å². The van der Waals surface area contributed by atoms with Crippen molar-refractivity contribution >= 4 is 0 Å². The standard InChI is InChI=1S/C9H17F3.C4H10/c1-3-5-8(7-10)9(11,12)6-4-2;1-4(2)3/h8H,3-7H2,1-2H3;4H,1-3H3. The Morgan fingerprint density at radius 2 is 1.44 bits per heavy atom. The Kier molecular flexibility index (Phi) is 11.3. The highest BCUT2D eigenvalue weighted by molar-refractivity contribution is 4.75. The molecule has 0 nitrogen and oxygen atoms in total. The van der Waals surface area contributed by atoms with Crippen molar-refractivity contribution in [2.24, 2.45) is 11.8 Å². The maximum Gasteiger partial charge on any atom is 0.253 e. The lowest BCUT2D eigenvalue weighted by Crippen LogP contribution is -2.29. The van der Waals surface area contributed by atoms with E-state index in [0.29, 0.717) is 12.8 Å². The van der Waals surface area contributed by atoms with Gasteiger partial charge in [0.25, 0.3) is 5.92 Å². The second kappa shape index (κ2) is 9.98. The fourth-order valence-electron chi connectivity index (χ4n) is 1.29. The van der Waals surface area contributed by atoms with E-state index < -0.39 is 18.5 Å². The molecule has 3 heteroatoms. The van der Waals surface area contributed by atoms with E-state index in [1.165, 1.54) is 0 Å². The first-order valence-electron chi connectivity index (χ1n) is 6.25. The van der Waals surface area contributed by atoms with E-state index in [2.05, 4.69) is 20.8 Å². The molecule has 1 atom stereocenters. The number of alkyl halides is 3. The molecule has 0 aromatic heterocycles. The fraction of sp³-hybridized carbons (Fsp3) is 1.00. The van der Waals surface area contributed by atoms with Crippen LogP contribution in [0.15, 0.2) is 0 Å². The molecule has 0 aliphatic heterocycles. The van der Waals surface area contributed by atoms with Crippen molar-refractivity contribution in [3.63, 3.8) is 0 Å². The molecule has 0 bridgehead atoms. The summed E-state index contributed by atoms with van der Waals surface area (Å²) >= 11 is 0. The van der Waals surface area contributed by atoms with Crippen molar-refractivity contribution < 1.29 is 13.2 Å². The number of hydrogen-bond acceptors (Lipinski definition) is 0. The molecule has 0 amide bonds. The second-order valence-corrected chi connectivity index (χ2v) is 4.88. The predicted octanol–water partition coefficient (Wildman–Crippen LogP) is 5.47. The molecule has 0 N–H and O–H groups in total. The average molecular weight is 240 g/mol. The summed E-state index contributed by atoms with van der Waals surface area (Å²) < 4.78 is 38.3. The SMILES string of the molecule is CC(C)C.CCCC(CF)C(F)(F)CCC. The molecule has 1 unspecified atom stereocenters. The lowest BCUT2D eigenvalue weighted by atomic mass is 9.94.